The molecule has 7 heteroatoms. The molecule has 1 atom stereocenters. The average molecular weight is 353 g/mol. The summed E-state index contributed by atoms with van der Waals surface area (Å²) in [6.07, 6.45) is 1.73. The van der Waals surface area contributed by atoms with Gasteiger partial charge in [-0.05, 0) is 55.3 Å². The molecule has 2 aromatic heterocycles. The van der Waals surface area contributed by atoms with Gasteiger partial charge in [0, 0.05) is 30.3 Å². The third-order valence-corrected chi connectivity index (χ3v) is 4.60. The first-order valence-corrected chi connectivity index (χ1v) is 8.65. The van der Waals surface area contributed by atoms with E-state index < -0.39 is 0 Å². The molecule has 0 amide bonds. The number of aromatic nitrogens is 4. The van der Waals surface area contributed by atoms with Crippen LogP contribution in [0.3, 0.4) is 0 Å². The first kappa shape index (κ1) is 16.7. The van der Waals surface area contributed by atoms with E-state index >= 15 is 0 Å². The van der Waals surface area contributed by atoms with E-state index in [0.717, 1.165) is 47.1 Å². The first-order valence-electron chi connectivity index (χ1n) is 8.65. The smallest absolute Gasteiger partial charge is 0.164 e. The van der Waals surface area contributed by atoms with Gasteiger partial charge < -0.3 is 15.0 Å². The van der Waals surface area contributed by atoms with E-state index in [0.29, 0.717) is 6.54 Å². The molecule has 134 valence electrons. The summed E-state index contributed by atoms with van der Waals surface area (Å²) in [4.78, 5) is 4.51. The summed E-state index contributed by atoms with van der Waals surface area (Å²) in [5, 5.41) is 21.4. The van der Waals surface area contributed by atoms with Gasteiger partial charge in [0.1, 0.15) is 17.5 Å². The zero-order chi connectivity index (χ0) is 18.1. The maximum atomic E-state index is 13.2. The van der Waals surface area contributed by atoms with Gasteiger partial charge in [-0.2, -0.15) is 0 Å². The minimum atomic E-state index is -0.267. The highest BCUT2D eigenvalue weighted by Crippen LogP contribution is 2.25. The summed E-state index contributed by atoms with van der Waals surface area (Å²) < 4.78 is 15.3. The molecule has 0 radical (unpaired) electrons. The fourth-order valence-corrected chi connectivity index (χ4v) is 3.37. The maximum Gasteiger partial charge on any atom is 0.164 e. The molecule has 0 aliphatic carbocycles. The number of nitrogens with one attached hydrogen (secondary N) is 1. The molecule has 1 unspecified atom stereocenters. The minimum absolute atomic E-state index is 0.00693. The molecule has 0 saturated carbocycles. The van der Waals surface area contributed by atoms with Crippen molar-refractivity contribution in [1.29, 1.82) is 0 Å². The van der Waals surface area contributed by atoms with Crippen LogP contribution in [-0.4, -0.2) is 30.9 Å². The van der Waals surface area contributed by atoms with Crippen LogP contribution in [0.4, 0.5) is 10.2 Å². The Balaban J connectivity index is 1.57. The Labute approximate surface area is 150 Å². The normalized spacial score (nSPS) is 16.3. The zero-order valence-electron chi connectivity index (χ0n) is 14.5. The van der Waals surface area contributed by atoms with Crippen LogP contribution in [0.1, 0.15) is 23.5 Å². The molecule has 3 aromatic rings. The van der Waals surface area contributed by atoms with Gasteiger partial charge in [-0.1, -0.05) is 0 Å². The van der Waals surface area contributed by atoms with Crippen molar-refractivity contribution in [3.05, 3.63) is 59.3 Å². The summed E-state index contributed by atoms with van der Waals surface area (Å²) in [5.74, 6) is 2.19. The quantitative estimate of drug-likeness (QED) is 0.754. The van der Waals surface area contributed by atoms with Crippen LogP contribution >= 0.6 is 0 Å². The molecule has 1 aliphatic rings. The number of aryl methyl sites for hydroxylation is 2. The van der Waals surface area contributed by atoms with Gasteiger partial charge in [0.15, 0.2) is 5.82 Å². The van der Waals surface area contributed by atoms with Crippen molar-refractivity contribution in [2.45, 2.75) is 39.0 Å². The molecule has 0 bridgehead atoms. The maximum absolute atomic E-state index is 13.2. The van der Waals surface area contributed by atoms with Crippen LogP contribution in [0.2, 0.25) is 0 Å². The van der Waals surface area contributed by atoms with Crippen LogP contribution in [0.25, 0.3) is 11.4 Å². The number of benzene rings is 1. The number of nitrogens with zero attached hydrogens (tertiary/aromatic N) is 4. The number of hydrogen-bond acceptors (Lipinski definition) is 5. The van der Waals surface area contributed by atoms with Crippen molar-refractivity contribution in [1.82, 2.24) is 19.7 Å². The standard InChI is InChI=1S/C19H20FN5O/c1-12-8-13(11-26)9-17(21-12)22-16-6-7-18-23-24-19(25(18)10-16)14-2-4-15(20)5-3-14/h2-5,8-9,16,26H,6-7,10-11H2,1H3,(H,21,22). The third kappa shape index (κ3) is 3.30. The minimum Gasteiger partial charge on any atom is -0.392 e. The number of aliphatic hydroxyl groups is 1. The second-order valence-corrected chi connectivity index (χ2v) is 6.60. The molecular weight excluding hydrogens is 333 g/mol. The highest BCUT2D eigenvalue weighted by atomic mass is 19.1. The van der Waals surface area contributed by atoms with Gasteiger partial charge in [0.2, 0.25) is 0 Å². The van der Waals surface area contributed by atoms with E-state index in [1.807, 2.05) is 19.1 Å². The van der Waals surface area contributed by atoms with E-state index in [4.69, 9.17) is 0 Å². The molecule has 6 nitrogen and oxygen atoms in total. The fraction of sp³-hybridized carbons (Fsp3) is 0.316. The van der Waals surface area contributed by atoms with Crippen LogP contribution in [0.5, 0.6) is 0 Å². The van der Waals surface area contributed by atoms with Crippen molar-refractivity contribution >= 4 is 5.82 Å². The molecule has 0 saturated heterocycles. The lowest BCUT2D eigenvalue weighted by molar-refractivity contribution is 0.281. The van der Waals surface area contributed by atoms with Crippen LogP contribution < -0.4 is 5.32 Å². The predicted octanol–water partition coefficient (Wildman–Crippen LogP) is 2.71. The summed E-state index contributed by atoms with van der Waals surface area (Å²) in [6, 6.07) is 10.2. The number of hydrogen-bond donors (Lipinski definition) is 2. The molecule has 4 rings (SSSR count). The molecule has 2 N–H and O–H groups in total. The van der Waals surface area contributed by atoms with Gasteiger partial charge in [0.05, 0.1) is 6.61 Å². The molecular formula is C19H20FN5O. The lowest BCUT2D eigenvalue weighted by Gasteiger charge is -2.26. The van der Waals surface area contributed by atoms with Gasteiger partial charge in [-0.15, -0.1) is 10.2 Å². The highest BCUT2D eigenvalue weighted by molar-refractivity contribution is 5.55. The second kappa shape index (κ2) is 6.84. The number of fused-ring (bicyclic) bond motifs is 1. The van der Waals surface area contributed by atoms with Crippen molar-refractivity contribution < 1.29 is 9.50 Å². The number of anilines is 1. The monoisotopic (exact) mass is 353 g/mol. The SMILES string of the molecule is Cc1cc(CO)cc(NC2CCc3nnc(-c4ccc(F)cc4)n3C2)n1. The predicted molar refractivity (Wildman–Crippen MR) is 96.0 cm³/mol. The van der Waals surface area contributed by atoms with E-state index in [2.05, 4.69) is 25.1 Å². The molecule has 0 spiro atoms. The summed E-state index contributed by atoms with van der Waals surface area (Å²) >= 11 is 0. The van der Waals surface area contributed by atoms with Gasteiger partial charge in [0.25, 0.3) is 0 Å². The largest absolute Gasteiger partial charge is 0.392 e. The Bertz CT molecular complexity index is 922. The Morgan fingerprint density at radius 1 is 1.23 bits per heavy atom. The van der Waals surface area contributed by atoms with E-state index in [1.54, 1.807) is 12.1 Å². The molecule has 1 aliphatic heterocycles. The van der Waals surface area contributed by atoms with E-state index in [9.17, 15) is 9.50 Å². The van der Waals surface area contributed by atoms with Crippen molar-refractivity contribution in [2.75, 3.05) is 5.32 Å². The summed E-state index contributed by atoms with van der Waals surface area (Å²) in [6.45, 7) is 2.61. The van der Waals surface area contributed by atoms with E-state index in [-0.39, 0.29) is 18.5 Å². The average Bonchev–Trinajstić information content (AvgIpc) is 3.05. The molecule has 3 heterocycles. The van der Waals surface area contributed by atoms with E-state index in [1.165, 1.54) is 12.1 Å². The molecule has 26 heavy (non-hydrogen) atoms. The highest BCUT2D eigenvalue weighted by Gasteiger charge is 2.23. The Kier molecular flexibility index (Phi) is 4.38. The number of aliphatic hydroxyl groups excluding tert-OH is 1. The Hall–Kier alpha value is -2.80. The fourth-order valence-electron chi connectivity index (χ4n) is 3.37. The zero-order valence-corrected chi connectivity index (χ0v) is 14.5. The van der Waals surface area contributed by atoms with Crippen molar-refractivity contribution in [2.24, 2.45) is 0 Å². The Morgan fingerprint density at radius 3 is 2.81 bits per heavy atom. The van der Waals surface area contributed by atoms with Crippen LogP contribution in [0, 0.1) is 12.7 Å². The van der Waals surface area contributed by atoms with Crippen molar-refractivity contribution in [3.8, 4) is 11.4 Å². The van der Waals surface area contributed by atoms with Crippen LogP contribution in [0.15, 0.2) is 36.4 Å². The van der Waals surface area contributed by atoms with Gasteiger partial charge in [-0.25, -0.2) is 9.37 Å². The first-order chi connectivity index (χ1) is 12.6. The third-order valence-electron chi connectivity index (χ3n) is 4.60. The Morgan fingerprint density at radius 2 is 2.04 bits per heavy atom. The lowest BCUT2D eigenvalue weighted by Crippen LogP contribution is -2.32. The number of halogens is 1. The summed E-state index contributed by atoms with van der Waals surface area (Å²) in [7, 11) is 0. The van der Waals surface area contributed by atoms with Gasteiger partial charge >= 0.3 is 0 Å². The van der Waals surface area contributed by atoms with Crippen molar-refractivity contribution in [3.63, 3.8) is 0 Å². The molecule has 1 aromatic carbocycles. The summed E-state index contributed by atoms with van der Waals surface area (Å²) in [5.41, 5.74) is 2.56. The number of rotatable bonds is 4. The second-order valence-electron chi connectivity index (χ2n) is 6.60. The number of pyridine rings is 1. The molecule has 0 fully saturated rings. The topological polar surface area (TPSA) is 75.9 Å². The lowest BCUT2D eigenvalue weighted by atomic mass is 10.1. The van der Waals surface area contributed by atoms with Gasteiger partial charge in [-0.3, -0.25) is 0 Å². The van der Waals surface area contributed by atoms with Crippen LogP contribution in [-0.2, 0) is 19.6 Å².